The summed E-state index contributed by atoms with van der Waals surface area (Å²) in [6.45, 7) is 2.60. The van der Waals surface area contributed by atoms with Crippen LogP contribution in [0, 0.1) is 0 Å². The Labute approximate surface area is 146 Å². The number of halogens is 3. The topological polar surface area (TPSA) is 88.3 Å². The molecule has 0 saturated carbocycles. The summed E-state index contributed by atoms with van der Waals surface area (Å²) < 4.78 is 43.0. The van der Waals surface area contributed by atoms with Crippen LogP contribution in [0.1, 0.15) is 40.3 Å². The van der Waals surface area contributed by atoms with Crippen molar-refractivity contribution in [2.45, 2.75) is 26.1 Å². The molecular formula is C17H15F3N2O4. The molecule has 0 radical (unpaired) electrons. The minimum absolute atomic E-state index is 0.0195. The first-order chi connectivity index (χ1) is 12.1. The molecule has 0 spiro atoms. The first-order valence-electron chi connectivity index (χ1n) is 7.46. The van der Waals surface area contributed by atoms with Crippen molar-refractivity contribution in [2.75, 3.05) is 5.32 Å². The molecule has 1 atom stereocenters. The molecule has 0 unspecified atom stereocenters. The molecule has 0 fully saturated rings. The standard InChI is InChI=1S/C17H15F3N2O4/c1-9(23)11-6-14(21-8-11)16(25)26-10(2)15(24)22-13-5-3-4-12(7-13)17(18,19)20/h3-8,10,21H,1-2H3,(H,22,24)/t10-/m1/s1. The van der Waals surface area contributed by atoms with Gasteiger partial charge in [0.05, 0.1) is 5.56 Å². The summed E-state index contributed by atoms with van der Waals surface area (Å²) >= 11 is 0. The molecule has 0 aliphatic carbocycles. The third-order valence-corrected chi connectivity index (χ3v) is 3.42. The Morgan fingerprint density at radius 1 is 1.19 bits per heavy atom. The highest BCUT2D eigenvalue weighted by molar-refractivity contribution is 5.99. The van der Waals surface area contributed by atoms with Gasteiger partial charge in [0.25, 0.3) is 5.91 Å². The van der Waals surface area contributed by atoms with Gasteiger partial charge in [-0.25, -0.2) is 4.79 Å². The Kier molecular flexibility index (Phi) is 5.49. The highest BCUT2D eigenvalue weighted by Crippen LogP contribution is 2.30. The van der Waals surface area contributed by atoms with Crippen molar-refractivity contribution >= 4 is 23.3 Å². The third kappa shape index (κ3) is 4.71. The van der Waals surface area contributed by atoms with E-state index in [2.05, 4.69) is 10.3 Å². The number of H-pyrrole nitrogens is 1. The second-order valence-corrected chi connectivity index (χ2v) is 5.47. The number of hydrogen-bond acceptors (Lipinski definition) is 4. The highest BCUT2D eigenvalue weighted by Gasteiger charge is 2.30. The van der Waals surface area contributed by atoms with Crippen LogP contribution < -0.4 is 5.32 Å². The van der Waals surface area contributed by atoms with Crippen molar-refractivity contribution in [2.24, 2.45) is 0 Å². The van der Waals surface area contributed by atoms with Gasteiger partial charge in [-0.05, 0) is 38.1 Å². The fourth-order valence-corrected chi connectivity index (χ4v) is 2.01. The molecular weight excluding hydrogens is 353 g/mol. The van der Waals surface area contributed by atoms with E-state index in [4.69, 9.17) is 4.74 Å². The number of carbonyl (C=O) groups excluding carboxylic acids is 3. The number of nitrogens with one attached hydrogen (secondary N) is 2. The van der Waals surface area contributed by atoms with E-state index in [1.165, 1.54) is 32.2 Å². The molecule has 138 valence electrons. The summed E-state index contributed by atoms with van der Waals surface area (Å²) in [5, 5.41) is 2.25. The number of aromatic amines is 1. The maximum Gasteiger partial charge on any atom is 0.416 e. The molecule has 2 rings (SSSR count). The second-order valence-electron chi connectivity index (χ2n) is 5.47. The second kappa shape index (κ2) is 7.42. The Morgan fingerprint density at radius 2 is 1.88 bits per heavy atom. The summed E-state index contributed by atoms with van der Waals surface area (Å²) in [6, 6.07) is 5.36. The van der Waals surface area contributed by atoms with Gasteiger partial charge in [0.1, 0.15) is 5.69 Å². The average molecular weight is 368 g/mol. The molecule has 2 N–H and O–H groups in total. The van der Waals surface area contributed by atoms with Gasteiger partial charge < -0.3 is 15.0 Å². The number of rotatable bonds is 5. The van der Waals surface area contributed by atoms with E-state index in [1.807, 2.05) is 0 Å². The number of ketones is 1. The third-order valence-electron chi connectivity index (χ3n) is 3.42. The smallest absolute Gasteiger partial charge is 0.416 e. The number of benzene rings is 1. The van der Waals surface area contributed by atoms with Crippen LogP contribution >= 0.6 is 0 Å². The molecule has 0 saturated heterocycles. The van der Waals surface area contributed by atoms with Crippen molar-refractivity contribution < 1.29 is 32.3 Å². The molecule has 0 bridgehead atoms. The molecule has 9 heteroatoms. The van der Waals surface area contributed by atoms with Crippen LogP contribution in [0.25, 0.3) is 0 Å². The fourth-order valence-electron chi connectivity index (χ4n) is 2.01. The Bertz CT molecular complexity index is 843. The van der Waals surface area contributed by atoms with Crippen molar-refractivity contribution in [3.63, 3.8) is 0 Å². The van der Waals surface area contributed by atoms with Crippen LogP contribution in [0.2, 0.25) is 0 Å². The van der Waals surface area contributed by atoms with Gasteiger partial charge in [-0.2, -0.15) is 13.2 Å². The van der Waals surface area contributed by atoms with Crippen LogP contribution in [0.4, 0.5) is 18.9 Å². The highest BCUT2D eigenvalue weighted by atomic mass is 19.4. The van der Waals surface area contributed by atoms with Gasteiger partial charge in [0, 0.05) is 17.4 Å². The minimum atomic E-state index is -4.54. The molecule has 1 aromatic carbocycles. The van der Waals surface area contributed by atoms with Crippen LogP contribution in [0.3, 0.4) is 0 Å². The largest absolute Gasteiger partial charge is 0.448 e. The van der Waals surface area contributed by atoms with E-state index in [0.29, 0.717) is 0 Å². The maximum absolute atomic E-state index is 12.7. The number of Topliss-reactive ketones (excluding diaryl/α,β-unsaturated/α-hetero) is 1. The van der Waals surface area contributed by atoms with E-state index >= 15 is 0 Å². The molecule has 1 amide bonds. The molecule has 1 aromatic heterocycles. The number of carbonyl (C=O) groups is 3. The lowest BCUT2D eigenvalue weighted by atomic mass is 10.2. The Balaban J connectivity index is 2.01. The molecule has 1 heterocycles. The van der Waals surface area contributed by atoms with Gasteiger partial charge in [-0.15, -0.1) is 0 Å². The number of esters is 1. The number of amides is 1. The zero-order valence-electron chi connectivity index (χ0n) is 13.8. The number of alkyl halides is 3. The predicted octanol–water partition coefficient (Wildman–Crippen LogP) is 3.42. The van der Waals surface area contributed by atoms with Crippen molar-refractivity contribution in [3.8, 4) is 0 Å². The maximum atomic E-state index is 12.7. The van der Waals surface area contributed by atoms with Gasteiger partial charge in [0.2, 0.25) is 0 Å². The number of hydrogen-bond donors (Lipinski definition) is 2. The lowest BCUT2D eigenvalue weighted by Crippen LogP contribution is -2.30. The van der Waals surface area contributed by atoms with E-state index in [1.54, 1.807) is 0 Å². The average Bonchev–Trinajstić information content (AvgIpc) is 3.04. The molecule has 26 heavy (non-hydrogen) atoms. The van der Waals surface area contributed by atoms with Gasteiger partial charge >= 0.3 is 12.1 Å². The first kappa shape index (κ1) is 19.2. The summed E-state index contributed by atoms with van der Waals surface area (Å²) in [5.41, 5.74) is -0.735. The summed E-state index contributed by atoms with van der Waals surface area (Å²) in [5.74, 6) is -1.92. The summed E-state index contributed by atoms with van der Waals surface area (Å²) in [4.78, 5) is 37.7. The van der Waals surface area contributed by atoms with E-state index in [9.17, 15) is 27.6 Å². The van der Waals surface area contributed by atoms with Crippen LogP contribution in [-0.2, 0) is 15.7 Å². The number of aromatic nitrogens is 1. The van der Waals surface area contributed by atoms with Gasteiger partial charge in [-0.3, -0.25) is 9.59 Å². The Hall–Kier alpha value is -3.10. The predicted molar refractivity (Wildman–Crippen MR) is 85.7 cm³/mol. The molecule has 0 aliphatic heterocycles. The fraction of sp³-hybridized carbons (Fsp3) is 0.235. The monoisotopic (exact) mass is 368 g/mol. The van der Waals surface area contributed by atoms with Crippen LogP contribution in [0.15, 0.2) is 36.5 Å². The first-order valence-corrected chi connectivity index (χ1v) is 7.46. The number of anilines is 1. The van der Waals surface area contributed by atoms with E-state index in [-0.39, 0.29) is 22.7 Å². The van der Waals surface area contributed by atoms with Gasteiger partial charge in [0.15, 0.2) is 11.9 Å². The zero-order valence-corrected chi connectivity index (χ0v) is 13.8. The molecule has 2 aromatic rings. The minimum Gasteiger partial charge on any atom is -0.448 e. The van der Waals surface area contributed by atoms with Crippen LogP contribution in [0.5, 0.6) is 0 Å². The normalized spacial score (nSPS) is 12.3. The molecule has 6 nitrogen and oxygen atoms in total. The summed E-state index contributed by atoms with van der Waals surface area (Å²) in [6.07, 6.45) is -4.48. The SMILES string of the molecule is CC(=O)c1c[nH]c(C(=O)O[C@H](C)C(=O)Nc2cccc(C(F)(F)F)c2)c1. The van der Waals surface area contributed by atoms with E-state index in [0.717, 1.165) is 18.2 Å². The van der Waals surface area contributed by atoms with E-state index < -0.39 is 29.7 Å². The lowest BCUT2D eigenvalue weighted by molar-refractivity contribution is -0.137. The van der Waals surface area contributed by atoms with Crippen molar-refractivity contribution in [3.05, 3.63) is 53.3 Å². The lowest BCUT2D eigenvalue weighted by Gasteiger charge is -2.14. The van der Waals surface area contributed by atoms with Crippen molar-refractivity contribution in [1.29, 1.82) is 0 Å². The van der Waals surface area contributed by atoms with Crippen molar-refractivity contribution in [1.82, 2.24) is 4.98 Å². The summed E-state index contributed by atoms with van der Waals surface area (Å²) in [7, 11) is 0. The zero-order chi connectivity index (χ0) is 19.5. The van der Waals surface area contributed by atoms with Gasteiger partial charge in [-0.1, -0.05) is 6.07 Å². The van der Waals surface area contributed by atoms with Crippen LogP contribution in [-0.4, -0.2) is 28.7 Å². The Morgan fingerprint density at radius 3 is 2.46 bits per heavy atom. The quantitative estimate of drug-likeness (QED) is 0.625. The molecule has 0 aliphatic rings. The number of ether oxygens (including phenoxy) is 1.